The van der Waals surface area contributed by atoms with Gasteiger partial charge in [0.1, 0.15) is 5.82 Å². The monoisotopic (exact) mass is 233 g/mol. The van der Waals surface area contributed by atoms with E-state index >= 15 is 0 Å². The predicted octanol–water partition coefficient (Wildman–Crippen LogP) is 2.57. The van der Waals surface area contributed by atoms with Gasteiger partial charge in [0.15, 0.2) is 0 Å². The molecule has 0 radical (unpaired) electrons. The lowest BCUT2D eigenvalue weighted by atomic mass is 9.87. The van der Waals surface area contributed by atoms with Crippen LogP contribution in [0.2, 0.25) is 0 Å². The molecule has 1 heterocycles. The van der Waals surface area contributed by atoms with E-state index in [0.29, 0.717) is 18.2 Å². The van der Waals surface area contributed by atoms with Crippen molar-refractivity contribution in [2.75, 3.05) is 11.1 Å². The van der Waals surface area contributed by atoms with Crippen LogP contribution < -0.4 is 11.1 Å². The smallest absolute Gasteiger partial charge is 0.224 e. The fourth-order valence-electron chi connectivity index (χ4n) is 2.34. The Morgan fingerprint density at radius 1 is 1.35 bits per heavy atom. The highest BCUT2D eigenvalue weighted by molar-refractivity contribution is 5.90. The number of carbonyl (C=O) groups is 1. The van der Waals surface area contributed by atoms with Crippen molar-refractivity contribution in [1.29, 1.82) is 0 Å². The second kappa shape index (κ2) is 5.66. The quantitative estimate of drug-likeness (QED) is 0.843. The number of rotatable bonds is 3. The molecule has 17 heavy (non-hydrogen) atoms. The van der Waals surface area contributed by atoms with Gasteiger partial charge >= 0.3 is 0 Å². The third kappa shape index (κ3) is 3.73. The summed E-state index contributed by atoms with van der Waals surface area (Å²) in [6, 6.07) is 3.47. The number of nitrogens with one attached hydrogen (secondary N) is 1. The molecule has 1 aliphatic carbocycles. The Labute approximate surface area is 102 Å². The van der Waals surface area contributed by atoms with E-state index in [0.717, 1.165) is 5.69 Å². The van der Waals surface area contributed by atoms with Gasteiger partial charge in [-0.1, -0.05) is 19.3 Å². The molecule has 0 spiro atoms. The number of hydrogen-bond acceptors (Lipinski definition) is 3. The summed E-state index contributed by atoms with van der Waals surface area (Å²) >= 11 is 0. The zero-order valence-corrected chi connectivity index (χ0v) is 9.98. The molecule has 1 aromatic heterocycles. The highest BCUT2D eigenvalue weighted by atomic mass is 16.1. The van der Waals surface area contributed by atoms with Crippen molar-refractivity contribution >= 4 is 17.4 Å². The van der Waals surface area contributed by atoms with Gasteiger partial charge in [-0.2, -0.15) is 0 Å². The Kier molecular flexibility index (Phi) is 3.96. The van der Waals surface area contributed by atoms with Gasteiger partial charge in [0, 0.05) is 6.42 Å². The number of aromatic nitrogens is 1. The molecule has 1 aromatic rings. The van der Waals surface area contributed by atoms with E-state index in [1.54, 1.807) is 18.3 Å². The van der Waals surface area contributed by atoms with E-state index in [4.69, 9.17) is 5.73 Å². The van der Waals surface area contributed by atoms with Crippen LogP contribution in [0.4, 0.5) is 11.5 Å². The van der Waals surface area contributed by atoms with Gasteiger partial charge in [0.2, 0.25) is 5.91 Å². The minimum absolute atomic E-state index is 0.0865. The van der Waals surface area contributed by atoms with Crippen LogP contribution in [0.5, 0.6) is 0 Å². The van der Waals surface area contributed by atoms with Gasteiger partial charge in [0.25, 0.3) is 0 Å². The van der Waals surface area contributed by atoms with Crippen molar-refractivity contribution in [3.05, 3.63) is 18.3 Å². The fourth-order valence-corrected chi connectivity index (χ4v) is 2.34. The van der Waals surface area contributed by atoms with Crippen LogP contribution in [0, 0.1) is 5.92 Å². The average molecular weight is 233 g/mol. The van der Waals surface area contributed by atoms with Crippen LogP contribution >= 0.6 is 0 Å². The second-order valence-electron chi connectivity index (χ2n) is 4.73. The molecule has 92 valence electrons. The van der Waals surface area contributed by atoms with Crippen molar-refractivity contribution in [1.82, 2.24) is 4.98 Å². The summed E-state index contributed by atoms with van der Waals surface area (Å²) in [4.78, 5) is 15.7. The number of amides is 1. The van der Waals surface area contributed by atoms with Crippen molar-refractivity contribution < 1.29 is 4.79 Å². The Hall–Kier alpha value is -1.58. The average Bonchev–Trinajstić information content (AvgIpc) is 2.33. The predicted molar refractivity (Wildman–Crippen MR) is 68.5 cm³/mol. The first-order valence-corrected chi connectivity index (χ1v) is 6.25. The minimum Gasteiger partial charge on any atom is -0.384 e. The molecule has 4 nitrogen and oxygen atoms in total. The third-order valence-corrected chi connectivity index (χ3v) is 3.27. The SMILES string of the molecule is Nc1ccc(NC(=O)CC2CCCCC2)cn1. The summed E-state index contributed by atoms with van der Waals surface area (Å²) in [6.07, 6.45) is 8.45. The molecule has 0 atom stereocenters. The van der Waals surface area contributed by atoms with Crippen LogP contribution in [0.25, 0.3) is 0 Å². The number of carbonyl (C=O) groups excluding carboxylic acids is 1. The van der Waals surface area contributed by atoms with Crippen LogP contribution in [-0.2, 0) is 4.79 Å². The zero-order chi connectivity index (χ0) is 12.1. The molecule has 4 heteroatoms. The Balaban J connectivity index is 1.82. The molecule has 0 unspecified atom stereocenters. The van der Waals surface area contributed by atoms with Crippen molar-refractivity contribution in [2.45, 2.75) is 38.5 Å². The molecular formula is C13H19N3O. The number of pyridine rings is 1. The fraction of sp³-hybridized carbons (Fsp3) is 0.538. The van der Waals surface area contributed by atoms with Gasteiger partial charge in [-0.05, 0) is 30.9 Å². The maximum Gasteiger partial charge on any atom is 0.224 e. The van der Waals surface area contributed by atoms with Crippen LogP contribution in [0.15, 0.2) is 18.3 Å². The van der Waals surface area contributed by atoms with Gasteiger partial charge in [0.05, 0.1) is 11.9 Å². The Morgan fingerprint density at radius 3 is 2.76 bits per heavy atom. The van der Waals surface area contributed by atoms with Crippen LogP contribution in [-0.4, -0.2) is 10.9 Å². The molecule has 1 saturated carbocycles. The summed E-state index contributed by atoms with van der Waals surface area (Å²) in [5.41, 5.74) is 6.21. The molecule has 1 amide bonds. The number of nitrogens with two attached hydrogens (primary N) is 1. The first-order valence-electron chi connectivity index (χ1n) is 6.25. The lowest BCUT2D eigenvalue weighted by Gasteiger charge is -2.20. The summed E-state index contributed by atoms with van der Waals surface area (Å²) < 4.78 is 0. The normalized spacial score (nSPS) is 16.7. The van der Waals surface area contributed by atoms with E-state index in [-0.39, 0.29) is 5.91 Å². The number of nitrogen functional groups attached to an aromatic ring is 1. The molecule has 0 saturated heterocycles. The maximum absolute atomic E-state index is 11.8. The maximum atomic E-state index is 11.8. The Bertz CT molecular complexity index is 369. The summed E-state index contributed by atoms with van der Waals surface area (Å²) in [5, 5.41) is 2.86. The van der Waals surface area contributed by atoms with E-state index in [1.165, 1.54) is 32.1 Å². The third-order valence-electron chi connectivity index (χ3n) is 3.27. The van der Waals surface area contributed by atoms with Gasteiger partial charge in [-0.25, -0.2) is 4.98 Å². The van der Waals surface area contributed by atoms with E-state index < -0.39 is 0 Å². The topological polar surface area (TPSA) is 68.0 Å². The van der Waals surface area contributed by atoms with Gasteiger partial charge in [-0.15, -0.1) is 0 Å². The minimum atomic E-state index is 0.0865. The van der Waals surface area contributed by atoms with E-state index in [1.807, 2.05) is 0 Å². The Morgan fingerprint density at radius 2 is 2.12 bits per heavy atom. The molecule has 3 N–H and O–H groups in total. The highest BCUT2D eigenvalue weighted by Gasteiger charge is 2.16. The summed E-state index contributed by atoms with van der Waals surface area (Å²) in [6.45, 7) is 0. The number of hydrogen-bond donors (Lipinski definition) is 2. The molecule has 0 aromatic carbocycles. The molecule has 2 rings (SSSR count). The zero-order valence-electron chi connectivity index (χ0n) is 9.98. The highest BCUT2D eigenvalue weighted by Crippen LogP contribution is 2.26. The second-order valence-corrected chi connectivity index (χ2v) is 4.73. The molecular weight excluding hydrogens is 214 g/mol. The summed E-state index contributed by atoms with van der Waals surface area (Å²) in [7, 11) is 0. The lowest BCUT2D eigenvalue weighted by molar-refractivity contribution is -0.117. The largest absolute Gasteiger partial charge is 0.384 e. The van der Waals surface area contributed by atoms with Crippen LogP contribution in [0.3, 0.4) is 0 Å². The van der Waals surface area contributed by atoms with Crippen molar-refractivity contribution in [2.24, 2.45) is 5.92 Å². The molecule has 1 aliphatic rings. The number of anilines is 2. The van der Waals surface area contributed by atoms with Crippen molar-refractivity contribution in [3.8, 4) is 0 Å². The first kappa shape index (κ1) is 11.9. The van der Waals surface area contributed by atoms with Crippen molar-refractivity contribution in [3.63, 3.8) is 0 Å². The van der Waals surface area contributed by atoms with Crippen LogP contribution in [0.1, 0.15) is 38.5 Å². The van der Waals surface area contributed by atoms with Gasteiger partial charge in [-0.3, -0.25) is 4.79 Å². The lowest BCUT2D eigenvalue weighted by Crippen LogP contribution is -2.18. The molecule has 0 aliphatic heterocycles. The van der Waals surface area contributed by atoms with Gasteiger partial charge < -0.3 is 11.1 Å². The molecule has 1 fully saturated rings. The van der Waals surface area contributed by atoms with E-state index in [2.05, 4.69) is 10.3 Å². The first-order chi connectivity index (χ1) is 8.24. The van der Waals surface area contributed by atoms with E-state index in [9.17, 15) is 4.79 Å². The molecule has 0 bridgehead atoms. The summed E-state index contributed by atoms with van der Waals surface area (Å²) in [5.74, 6) is 1.12. The standard InChI is InChI=1S/C13H19N3O/c14-12-7-6-11(9-15-12)16-13(17)8-10-4-2-1-3-5-10/h6-7,9-10H,1-5,8H2,(H2,14,15)(H,16,17). The number of nitrogens with zero attached hydrogens (tertiary/aromatic N) is 1.